The lowest BCUT2D eigenvalue weighted by Crippen LogP contribution is -2.22. The molecule has 1 unspecified atom stereocenters. The quantitative estimate of drug-likeness (QED) is 0.694. The minimum Gasteiger partial charge on any atom is -0.307 e. The van der Waals surface area contributed by atoms with Gasteiger partial charge in [-0.3, -0.25) is 0 Å². The van der Waals surface area contributed by atoms with Gasteiger partial charge >= 0.3 is 0 Å². The number of nitrogens with one attached hydrogen (secondary N) is 1. The molecule has 70 valence electrons. The highest BCUT2D eigenvalue weighted by Gasteiger charge is 1.95. The average Bonchev–Trinajstić information content (AvgIpc) is 2.14. The van der Waals surface area contributed by atoms with E-state index in [-0.39, 0.29) is 0 Å². The maximum atomic E-state index is 3.73. The van der Waals surface area contributed by atoms with Crippen LogP contribution in [-0.4, -0.2) is 6.04 Å². The van der Waals surface area contributed by atoms with Crippen LogP contribution >= 0.6 is 0 Å². The van der Waals surface area contributed by atoms with Crippen LogP contribution in [0.5, 0.6) is 0 Å². The molecule has 1 atom stereocenters. The fourth-order valence-electron chi connectivity index (χ4n) is 1.18. The highest BCUT2D eigenvalue weighted by Crippen LogP contribution is 2.03. The molecule has 0 bridgehead atoms. The van der Waals surface area contributed by atoms with Gasteiger partial charge in [0.15, 0.2) is 0 Å². The number of hydrogen-bond donors (Lipinski definition) is 1. The van der Waals surface area contributed by atoms with E-state index in [9.17, 15) is 0 Å². The van der Waals surface area contributed by atoms with E-state index in [0.717, 1.165) is 6.54 Å². The Morgan fingerprint density at radius 2 is 2.31 bits per heavy atom. The van der Waals surface area contributed by atoms with Crippen LogP contribution in [0, 0.1) is 6.92 Å². The van der Waals surface area contributed by atoms with Gasteiger partial charge in [-0.1, -0.05) is 35.9 Å². The van der Waals surface area contributed by atoms with Gasteiger partial charge in [0.1, 0.15) is 0 Å². The zero-order valence-electron chi connectivity index (χ0n) is 8.38. The summed E-state index contributed by atoms with van der Waals surface area (Å²) in [4.78, 5) is 0. The minimum atomic E-state index is 0.375. The van der Waals surface area contributed by atoms with Gasteiger partial charge < -0.3 is 5.32 Å². The van der Waals surface area contributed by atoms with E-state index in [1.54, 1.807) is 0 Å². The van der Waals surface area contributed by atoms with Crippen molar-refractivity contribution < 1.29 is 0 Å². The van der Waals surface area contributed by atoms with Gasteiger partial charge in [-0.15, -0.1) is 6.58 Å². The summed E-state index contributed by atoms with van der Waals surface area (Å²) in [5.74, 6) is 0. The zero-order valence-corrected chi connectivity index (χ0v) is 8.38. The maximum Gasteiger partial charge on any atom is 0.0222 e. The topological polar surface area (TPSA) is 12.0 Å². The summed E-state index contributed by atoms with van der Waals surface area (Å²) in [6.45, 7) is 8.85. The fraction of sp³-hybridized carbons (Fsp3) is 0.333. The standard InChI is InChI=1S/C12H17N/c1-4-11(3)13-9-12-7-5-6-10(2)8-12/h4-8,11,13H,1,9H2,2-3H3. The van der Waals surface area contributed by atoms with Crippen molar-refractivity contribution in [3.8, 4) is 0 Å². The molecule has 1 rings (SSSR count). The molecule has 0 amide bonds. The maximum absolute atomic E-state index is 3.73. The van der Waals surface area contributed by atoms with Gasteiger partial charge in [-0.25, -0.2) is 0 Å². The molecule has 0 saturated carbocycles. The lowest BCUT2D eigenvalue weighted by atomic mass is 10.1. The van der Waals surface area contributed by atoms with E-state index in [0.29, 0.717) is 6.04 Å². The molecule has 0 heterocycles. The first kappa shape index (κ1) is 10.0. The van der Waals surface area contributed by atoms with E-state index in [4.69, 9.17) is 0 Å². The Morgan fingerprint density at radius 1 is 1.54 bits per heavy atom. The van der Waals surface area contributed by atoms with Crippen molar-refractivity contribution in [1.82, 2.24) is 5.32 Å². The Labute approximate surface area is 80.5 Å². The summed E-state index contributed by atoms with van der Waals surface area (Å²) in [7, 11) is 0. The number of benzene rings is 1. The van der Waals surface area contributed by atoms with E-state index in [1.807, 2.05) is 6.08 Å². The second-order valence-electron chi connectivity index (χ2n) is 3.39. The molecule has 1 aromatic rings. The predicted octanol–water partition coefficient (Wildman–Crippen LogP) is 2.66. The molecule has 1 nitrogen and oxygen atoms in total. The zero-order chi connectivity index (χ0) is 9.68. The Hall–Kier alpha value is -1.08. The first-order chi connectivity index (χ1) is 6.22. The van der Waals surface area contributed by atoms with Crippen molar-refractivity contribution in [3.05, 3.63) is 48.0 Å². The molecule has 13 heavy (non-hydrogen) atoms. The summed E-state index contributed by atoms with van der Waals surface area (Å²) < 4.78 is 0. The highest BCUT2D eigenvalue weighted by molar-refractivity contribution is 5.22. The van der Waals surface area contributed by atoms with Crippen LogP contribution in [0.3, 0.4) is 0 Å². The van der Waals surface area contributed by atoms with Gasteiger partial charge in [-0.2, -0.15) is 0 Å². The molecule has 1 aromatic carbocycles. The summed E-state index contributed by atoms with van der Waals surface area (Å²) in [5.41, 5.74) is 2.64. The lowest BCUT2D eigenvalue weighted by Gasteiger charge is -2.09. The Balaban J connectivity index is 2.49. The molecule has 0 radical (unpaired) electrons. The van der Waals surface area contributed by atoms with E-state index in [1.165, 1.54) is 11.1 Å². The molecule has 0 fully saturated rings. The third-order valence-corrected chi connectivity index (χ3v) is 2.06. The minimum absolute atomic E-state index is 0.375. The van der Waals surface area contributed by atoms with Crippen molar-refractivity contribution in [2.75, 3.05) is 0 Å². The number of aryl methyl sites for hydroxylation is 1. The van der Waals surface area contributed by atoms with Crippen molar-refractivity contribution in [2.45, 2.75) is 26.4 Å². The van der Waals surface area contributed by atoms with Crippen LogP contribution in [0.4, 0.5) is 0 Å². The molecule has 1 heteroatoms. The largest absolute Gasteiger partial charge is 0.307 e. The SMILES string of the molecule is C=CC(C)NCc1cccc(C)c1. The van der Waals surface area contributed by atoms with Gasteiger partial charge in [-0.05, 0) is 19.4 Å². The van der Waals surface area contributed by atoms with E-state index < -0.39 is 0 Å². The van der Waals surface area contributed by atoms with Crippen LogP contribution in [-0.2, 0) is 6.54 Å². The van der Waals surface area contributed by atoms with E-state index in [2.05, 4.69) is 50.0 Å². The molecule has 0 aromatic heterocycles. The van der Waals surface area contributed by atoms with Crippen LogP contribution in [0.25, 0.3) is 0 Å². The summed E-state index contributed by atoms with van der Waals surface area (Å²) in [6, 6.07) is 8.91. The molecule has 0 saturated heterocycles. The summed E-state index contributed by atoms with van der Waals surface area (Å²) in [6.07, 6.45) is 1.91. The average molecular weight is 175 g/mol. The third-order valence-electron chi connectivity index (χ3n) is 2.06. The van der Waals surface area contributed by atoms with Crippen LogP contribution in [0.1, 0.15) is 18.1 Å². The second kappa shape index (κ2) is 4.83. The third kappa shape index (κ3) is 3.43. The normalized spacial score (nSPS) is 12.5. The molecule has 0 aliphatic rings. The molecular weight excluding hydrogens is 158 g/mol. The Bertz CT molecular complexity index is 278. The Morgan fingerprint density at radius 3 is 2.92 bits per heavy atom. The first-order valence-corrected chi connectivity index (χ1v) is 4.64. The van der Waals surface area contributed by atoms with Gasteiger partial charge in [0.05, 0.1) is 0 Å². The Kier molecular flexibility index (Phi) is 3.71. The van der Waals surface area contributed by atoms with Crippen LogP contribution in [0.2, 0.25) is 0 Å². The monoisotopic (exact) mass is 175 g/mol. The van der Waals surface area contributed by atoms with Gasteiger partial charge in [0.25, 0.3) is 0 Å². The molecular formula is C12H17N. The molecule has 1 N–H and O–H groups in total. The van der Waals surface area contributed by atoms with Crippen LogP contribution in [0.15, 0.2) is 36.9 Å². The molecule has 0 aliphatic heterocycles. The van der Waals surface area contributed by atoms with Crippen molar-refractivity contribution >= 4 is 0 Å². The number of rotatable bonds is 4. The fourth-order valence-corrected chi connectivity index (χ4v) is 1.18. The lowest BCUT2D eigenvalue weighted by molar-refractivity contribution is 0.634. The first-order valence-electron chi connectivity index (χ1n) is 4.64. The van der Waals surface area contributed by atoms with Crippen molar-refractivity contribution in [3.63, 3.8) is 0 Å². The smallest absolute Gasteiger partial charge is 0.0222 e. The second-order valence-corrected chi connectivity index (χ2v) is 3.39. The predicted molar refractivity (Wildman–Crippen MR) is 57.7 cm³/mol. The molecule has 0 aliphatic carbocycles. The molecule has 0 spiro atoms. The summed E-state index contributed by atoms with van der Waals surface area (Å²) in [5, 5.41) is 3.36. The van der Waals surface area contributed by atoms with Gasteiger partial charge in [0, 0.05) is 12.6 Å². The van der Waals surface area contributed by atoms with E-state index >= 15 is 0 Å². The van der Waals surface area contributed by atoms with Gasteiger partial charge in [0.2, 0.25) is 0 Å². The van der Waals surface area contributed by atoms with Crippen molar-refractivity contribution in [2.24, 2.45) is 0 Å². The van der Waals surface area contributed by atoms with Crippen molar-refractivity contribution in [1.29, 1.82) is 0 Å². The summed E-state index contributed by atoms with van der Waals surface area (Å²) >= 11 is 0. The highest BCUT2D eigenvalue weighted by atomic mass is 14.9. The number of hydrogen-bond acceptors (Lipinski definition) is 1. The van der Waals surface area contributed by atoms with Crippen LogP contribution < -0.4 is 5.32 Å².